The molecular formula is C23H26N4O4. The lowest BCUT2D eigenvalue weighted by Gasteiger charge is -2.32. The van der Waals surface area contributed by atoms with E-state index in [2.05, 4.69) is 15.3 Å². The van der Waals surface area contributed by atoms with E-state index in [0.29, 0.717) is 49.6 Å². The summed E-state index contributed by atoms with van der Waals surface area (Å²) >= 11 is 0. The second-order valence-electron chi connectivity index (χ2n) is 7.51. The maximum atomic E-state index is 12.8. The number of hydrogen-bond acceptors (Lipinski definition) is 5. The third-order valence-electron chi connectivity index (χ3n) is 5.34. The summed E-state index contributed by atoms with van der Waals surface area (Å²) in [4.78, 5) is 34.2. The highest BCUT2D eigenvalue weighted by Crippen LogP contribution is 2.23. The number of para-hydroxylation sites is 3. The molecular weight excluding hydrogens is 396 g/mol. The van der Waals surface area contributed by atoms with Gasteiger partial charge in [-0.2, -0.15) is 0 Å². The van der Waals surface area contributed by atoms with Crippen LogP contribution in [0, 0.1) is 0 Å². The number of aromatic amines is 1. The number of rotatable bonds is 7. The van der Waals surface area contributed by atoms with E-state index in [0.717, 1.165) is 11.0 Å². The summed E-state index contributed by atoms with van der Waals surface area (Å²) < 4.78 is 11.1. The van der Waals surface area contributed by atoms with Gasteiger partial charge in [0.15, 0.2) is 0 Å². The molecule has 8 heteroatoms. The first kappa shape index (κ1) is 20.9. The number of nitrogens with one attached hydrogen (secondary N) is 2. The largest absolute Gasteiger partial charge is 0.489 e. The van der Waals surface area contributed by atoms with Crippen LogP contribution in [0.3, 0.4) is 0 Å². The van der Waals surface area contributed by atoms with Crippen molar-refractivity contribution in [3.05, 3.63) is 59.9 Å². The molecule has 162 valence electrons. The van der Waals surface area contributed by atoms with E-state index in [1.807, 2.05) is 36.4 Å². The number of H-pyrrole nitrogens is 1. The Balaban J connectivity index is 1.35. The predicted molar refractivity (Wildman–Crippen MR) is 116 cm³/mol. The molecule has 3 aromatic rings. The fourth-order valence-corrected chi connectivity index (χ4v) is 3.72. The molecule has 2 aromatic carbocycles. The number of hydrogen-bond donors (Lipinski definition) is 2. The van der Waals surface area contributed by atoms with Gasteiger partial charge in [0.1, 0.15) is 24.3 Å². The van der Waals surface area contributed by atoms with E-state index in [1.54, 1.807) is 17.0 Å². The quantitative estimate of drug-likeness (QED) is 0.610. The normalized spacial score (nSPS) is 14.5. The van der Waals surface area contributed by atoms with Gasteiger partial charge in [-0.3, -0.25) is 9.59 Å². The molecule has 0 atom stereocenters. The first-order valence-corrected chi connectivity index (χ1v) is 10.4. The molecule has 1 saturated heterocycles. The molecule has 0 aliphatic carbocycles. The lowest BCUT2D eigenvalue weighted by atomic mass is 10.1. The predicted octanol–water partition coefficient (Wildman–Crippen LogP) is 2.51. The van der Waals surface area contributed by atoms with Crippen molar-refractivity contribution in [2.75, 3.05) is 26.8 Å². The molecule has 0 bridgehead atoms. The van der Waals surface area contributed by atoms with E-state index in [4.69, 9.17) is 9.47 Å². The zero-order valence-corrected chi connectivity index (χ0v) is 17.5. The fraction of sp³-hybridized carbons (Fsp3) is 0.348. The van der Waals surface area contributed by atoms with Crippen LogP contribution in [-0.2, 0) is 16.1 Å². The van der Waals surface area contributed by atoms with E-state index in [9.17, 15) is 9.59 Å². The van der Waals surface area contributed by atoms with Gasteiger partial charge in [0.25, 0.3) is 5.91 Å². The number of ether oxygens (including phenoxy) is 2. The Morgan fingerprint density at radius 3 is 2.65 bits per heavy atom. The lowest BCUT2D eigenvalue weighted by Crippen LogP contribution is -2.43. The summed E-state index contributed by atoms with van der Waals surface area (Å²) in [5.41, 5.74) is 2.29. The third kappa shape index (κ3) is 5.03. The summed E-state index contributed by atoms with van der Waals surface area (Å²) in [5, 5.41) is 2.91. The van der Waals surface area contributed by atoms with Crippen LogP contribution in [0.25, 0.3) is 11.0 Å². The molecule has 0 radical (unpaired) electrons. The minimum atomic E-state index is -0.219. The van der Waals surface area contributed by atoms with Crippen molar-refractivity contribution in [2.45, 2.75) is 25.5 Å². The van der Waals surface area contributed by atoms with Crippen LogP contribution in [-0.4, -0.2) is 59.6 Å². The molecule has 8 nitrogen and oxygen atoms in total. The van der Waals surface area contributed by atoms with Gasteiger partial charge in [0.2, 0.25) is 5.91 Å². The molecule has 4 rings (SSSR count). The van der Waals surface area contributed by atoms with Crippen molar-refractivity contribution in [1.82, 2.24) is 20.2 Å². The smallest absolute Gasteiger partial charge is 0.255 e. The molecule has 1 fully saturated rings. The van der Waals surface area contributed by atoms with Crippen LogP contribution < -0.4 is 10.1 Å². The monoisotopic (exact) mass is 422 g/mol. The van der Waals surface area contributed by atoms with Crippen LogP contribution in [0.5, 0.6) is 5.75 Å². The van der Waals surface area contributed by atoms with Crippen molar-refractivity contribution >= 4 is 22.8 Å². The van der Waals surface area contributed by atoms with Gasteiger partial charge in [-0.25, -0.2) is 4.98 Å². The van der Waals surface area contributed by atoms with Crippen LogP contribution in [0.2, 0.25) is 0 Å². The second kappa shape index (κ2) is 9.61. The van der Waals surface area contributed by atoms with Crippen molar-refractivity contribution in [3.63, 3.8) is 0 Å². The van der Waals surface area contributed by atoms with Crippen LogP contribution in [0.1, 0.15) is 29.0 Å². The van der Waals surface area contributed by atoms with Gasteiger partial charge in [-0.05, 0) is 24.3 Å². The highest BCUT2D eigenvalue weighted by atomic mass is 16.5. The SMILES string of the molecule is COCC(=O)N1CCC(Oc2ccccc2C(=O)NCc2nc3ccccc3[nH]2)CC1. The summed E-state index contributed by atoms with van der Waals surface area (Å²) in [6.07, 6.45) is 1.38. The number of carbonyl (C=O) groups is 2. The van der Waals surface area contributed by atoms with E-state index >= 15 is 0 Å². The van der Waals surface area contributed by atoms with Crippen LogP contribution >= 0.6 is 0 Å². The fourth-order valence-electron chi connectivity index (χ4n) is 3.72. The van der Waals surface area contributed by atoms with Crippen LogP contribution in [0.4, 0.5) is 0 Å². The number of imidazole rings is 1. The van der Waals surface area contributed by atoms with Gasteiger partial charge < -0.3 is 24.7 Å². The molecule has 2 heterocycles. The van der Waals surface area contributed by atoms with Gasteiger partial charge in [-0.15, -0.1) is 0 Å². The van der Waals surface area contributed by atoms with Crippen molar-refractivity contribution < 1.29 is 19.1 Å². The standard InChI is InChI=1S/C23H26N4O4/c1-30-15-22(28)27-12-10-16(11-13-27)31-20-9-5-2-6-17(20)23(29)24-14-21-25-18-7-3-4-8-19(18)26-21/h2-9,16H,10-15H2,1H3,(H,24,29)(H,25,26). The Morgan fingerprint density at radius 1 is 1.13 bits per heavy atom. The summed E-state index contributed by atoms with van der Waals surface area (Å²) in [6, 6.07) is 15.0. The molecule has 0 saturated carbocycles. The maximum Gasteiger partial charge on any atom is 0.255 e. The molecule has 1 aromatic heterocycles. The average molecular weight is 422 g/mol. The molecule has 31 heavy (non-hydrogen) atoms. The molecule has 0 spiro atoms. The zero-order chi connectivity index (χ0) is 21.6. The van der Waals surface area contributed by atoms with Crippen LogP contribution in [0.15, 0.2) is 48.5 Å². The zero-order valence-electron chi connectivity index (χ0n) is 17.5. The first-order chi connectivity index (χ1) is 15.1. The van der Waals surface area contributed by atoms with E-state index in [1.165, 1.54) is 7.11 Å². The molecule has 0 unspecified atom stereocenters. The van der Waals surface area contributed by atoms with E-state index < -0.39 is 0 Å². The summed E-state index contributed by atoms with van der Waals surface area (Å²) in [6.45, 7) is 1.63. The van der Waals surface area contributed by atoms with Gasteiger partial charge in [0.05, 0.1) is 23.1 Å². The number of carbonyl (C=O) groups excluding carboxylic acids is 2. The number of amides is 2. The molecule has 2 amide bonds. The Labute approximate surface area is 180 Å². The summed E-state index contributed by atoms with van der Waals surface area (Å²) in [5.74, 6) is 1.02. The number of benzene rings is 2. The third-order valence-corrected chi connectivity index (χ3v) is 5.34. The van der Waals surface area contributed by atoms with Crippen molar-refractivity contribution in [3.8, 4) is 5.75 Å². The number of fused-ring (bicyclic) bond motifs is 1. The van der Waals surface area contributed by atoms with Crippen molar-refractivity contribution in [1.29, 1.82) is 0 Å². The highest BCUT2D eigenvalue weighted by Gasteiger charge is 2.25. The second-order valence-corrected chi connectivity index (χ2v) is 7.51. The van der Waals surface area contributed by atoms with E-state index in [-0.39, 0.29) is 24.5 Å². The summed E-state index contributed by atoms with van der Waals surface area (Å²) in [7, 11) is 1.52. The number of aromatic nitrogens is 2. The lowest BCUT2D eigenvalue weighted by molar-refractivity contribution is -0.136. The minimum Gasteiger partial charge on any atom is -0.489 e. The van der Waals surface area contributed by atoms with Gasteiger partial charge >= 0.3 is 0 Å². The van der Waals surface area contributed by atoms with Gasteiger partial charge in [0, 0.05) is 33.0 Å². The Morgan fingerprint density at radius 2 is 1.87 bits per heavy atom. The Bertz CT molecular complexity index is 1020. The number of methoxy groups -OCH3 is 1. The van der Waals surface area contributed by atoms with Crippen molar-refractivity contribution in [2.24, 2.45) is 0 Å². The number of nitrogens with zero attached hydrogens (tertiary/aromatic N) is 2. The first-order valence-electron chi connectivity index (χ1n) is 10.4. The molecule has 2 N–H and O–H groups in total. The number of piperidine rings is 1. The number of likely N-dealkylation sites (tertiary alicyclic amines) is 1. The maximum absolute atomic E-state index is 12.8. The molecule has 1 aliphatic rings. The Kier molecular flexibility index (Phi) is 6.47. The topological polar surface area (TPSA) is 96.5 Å². The average Bonchev–Trinajstić information content (AvgIpc) is 3.21. The molecule has 1 aliphatic heterocycles. The van der Waals surface area contributed by atoms with Gasteiger partial charge in [-0.1, -0.05) is 24.3 Å². The minimum absolute atomic E-state index is 0.00804. The highest BCUT2D eigenvalue weighted by molar-refractivity contribution is 5.96. The Hall–Kier alpha value is -3.39.